The van der Waals surface area contributed by atoms with Crippen LogP contribution in [0.5, 0.6) is 0 Å². The quantitative estimate of drug-likeness (QED) is 0.441. The second-order valence-electron chi connectivity index (χ2n) is 6.73. The molecule has 0 aromatic rings. The average Bonchev–Trinajstić information content (AvgIpc) is 2.46. The van der Waals surface area contributed by atoms with E-state index in [4.69, 9.17) is 5.11 Å². The Morgan fingerprint density at radius 1 is 0.826 bits per heavy atom. The summed E-state index contributed by atoms with van der Waals surface area (Å²) in [5, 5.41) is 18.5. The highest BCUT2D eigenvalue weighted by Gasteiger charge is 2.42. The van der Waals surface area contributed by atoms with Crippen LogP contribution in [-0.2, 0) is 9.59 Å². The van der Waals surface area contributed by atoms with Crippen molar-refractivity contribution in [1.82, 2.24) is 4.90 Å². The van der Waals surface area contributed by atoms with Crippen LogP contribution in [0.1, 0.15) is 84.0 Å². The van der Waals surface area contributed by atoms with E-state index in [1.807, 2.05) is 0 Å². The second-order valence-corrected chi connectivity index (χ2v) is 6.73. The summed E-state index contributed by atoms with van der Waals surface area (Å²) >= 11 is 0. The van der Waals surface area contributed by atoms with Crippen molar-refractivity contribution in [2.24, 2.45) is 0 Å². The van der Waals surface area contributed by atoms with Gasteiger partial charge < -0.3 is 10.2 Å². The largest absolute Gasteiger partial charge is 0.481 e. The Hall–Kier alpha value is -1.10. The van der Waals surface area contributed by atoms with Crippen LogP contribution in [0.4, 0.5) is 0 Å². The first-order valence-corrected chi connectivity index (χ1v) is 8.99. The fourth-order valence-electron chi connectivity index (χ4n) is 3.00. The zero-order valence-corrected chi connectivity index (χ0v) is 15.1. The maximum Gasteiger partial charge on any atom is 0.324 e. The first-order valence-electron chi connectivity index (χ1n) is 8.99. The molecule has 0 bridgehead atoms. The molecular formula is C18H35NO4. The second kappa shape index (κ2) is 12.3. The van der Waals surface area contributed by atoms with E-state index in [9.17, 15) is 14.7 Å². The Labute approximate surface area is 141 Å². The first kappa shape index (κ1) is 21.9. The Morgan fingerprint density at radius 3 is 1.61 bits per heavy atom. The van der Waals surface area contributed by atoms with Crippen molar-refractivity contribution in [2.75, 3.05) is 14.1 Å². The smallest absolute Gasteiger partial charge is 0.324 e. The SMILES string of the molecule is CCCCCCCCCCCCC(CC(=O)O)(C(=O)O)N(C)C. The summed E-state index contributed by atoms with van der Waals surface area (Å²) in [7, 11) is 3.29. The lowest BCUT2D eigenvalue weighted by molar-refractivity contribution is -0.157. The number of aliphatic carboxylic acids is 2. The Morgan fingerprint density at radius 2 is 1.26 bits per heavy atom. The molecule has 1 unspecified atom stereocenters. The van der Waals surface area contributed by atoms with Gasteiger partial charge in [0.15, 0.2) is 0 Å². The molecule has 5 nitrogen and oxygen atoms in total. The Bertz CT molecular complexity index is 344. The van der Waals surface area contributed by atoms with Crippen molar-refractivity contribution < 1.29 is 19.8 Å². The summed E-state index contributed by atoms with van der Waals surface area (Å²) in [6.07, 6.45) is 11.8. The highest BCUT2D eigenvalue weighted by molar-refractivity contribution is 5.85. The van der Waals surface area contributed by atoms with Crippen molar-refractivity contribution in [3.05, 3.63) is 0 Å². The Balaban J connectivity index is 4.00. The van der Waals surface area contributed by atoms with Gasteiger partial charge in [0.25, 0.3) is 0 Å². The van der Waals surface area contributed by atoms with Crippen molar-refractivity contribution in [3.63, 3.8) is 0 Å². The van der Waals surface area contributed by atoms with Crippen molar-refractivity contribution in [1.29, 1.82) is 0 Å². The number of rotatable bonds is 15. The van der Waals surface area contributed by atoms with Crippen LogP contribution in [0.15, 0.2) is 0 Å². The van der Waals surface area contributed by atoms with Gasteiger partial charge in [-0.15, -0.1) is 0 Å². The van der Waals surface area contributed by atoms with E-state index in [-0.39, 0.29) is 6.42 Å². The molecule has 0 saturated heterocycles. The molecule has 0 aliphatic carbocycles. The number of hydrogen-bond donors (Lipinski definition) is 2. The minimum absolute atomic E-state index is 0.354. The zero-order chi connectivity index (χ0) is 17.7. The maximum atomic E-state index is 11.6. The van der Waals surface area contributed by atoms with E-state index in [0.717, 1.165) is 19.3 Å². The third-order valence-corrected chi connectivity index (χ3v) is 4.64. The van der Waals surface area contributed by atoms with Gasteiger partial charge in [0.2, 0.25) is 0 Å². The molecule has 2 N–H and O–H groups in total. The summed E-state index contributed by atoms with van der Waals surface area (Å²) < 4.78 is 0. The number of unbranched alkanes of at least 4 members (excludes halogenated alkanes) is 9. The van der Waals surface area contributed by atoms with Gasteiger partial charge in [-0.25, -0.2) is 0 Å². The molecule has 0 rings (SSSR count). The number of likely N-dealkylation sites (N-methyl/N-ethyl adjacent to an activating group) is 1. The monoisotopic (exact) mass is 329 g/mol. The molecule has 0 aromatic carbocycles. The number of carboxylic acid groups (broad SMARTS) is 2. The van der Waals surface area contributed by atoms with Crippen molar-refractivity contribution >= 4 is 11.9 Å². The summed E-state index contributed by atoms with van der Waals surface area (Å²) in [6.45, 7) is 2.22. The molecule has 0 aromatic heterocycles. The molecule has 1 atom stereocenters. The van der Waals surface area contributed by atoms with Crippen molar-refractivity contribution in [3.8, 4) is 0 Å². The van der Waals surface area contributed by atoms with Crippen LogP contribution in [-0.4, -0.2) is 46.7 Å². The number of nitrogens with zero attached hydrogens (tertiary/aromatic N) is 1. The number of carbonyl (C=O) groups is 2. The average molecular weight is 329 g/mol. The predicted molar refractivity (Wildman–Crippen MR) is 92.8 cm³/mol. The molecule has 0 saturated carbocycles. The lowest BCUT2D eigenvalue weighted by atomic mass is 9.87. The highest BCUT2D eigenvalue weighted by Crippen LogP contribution is 2.26. The van der Waals surface area contributed by atoms with E-state index in [2.05, 4.69) is 6.92 Å². The molecule has 0 radical (unpaired) electrons. The van der Waals surface area contributed by atoms with Gasteiger partial charge in [-0.05, 0) is 20.5 Å². The summed E-state index contributed by atoms with van der Waals surface area (Å²) in [5.41, 5.74) is -1.29. The molecule has 0 aliphatic rings. The van der Waals surface area contributed by atoms with E-state index in [1.165, 1.54) is 49.8 Å². The van der Waals surface area contributed by atoms with E-state index in [1.54, 1.807) is 14.1 Å². The lowest BCUT2D eigenvalue weighted by Crippen LogP contribution is -2.52. The minimum atomic E-state index is -1.29. The minimum Gasteiger partial charge on any atom is -0.481 e. The van der Waals surface area contributed by atoms with Crippen LogP contribution in [0, 0.1) is 0 Å². The van der Waals surface area contributed by atoms with Gasteiger partial charge in [0, 0.05) is 0 Å². The predicted octanol–water partition coefficient (Wildman–Crippen LogP) is 4.16. The molecule has 136 valence electrons. The summed E-state index contributed by atoms with van der Waals surface area (Å²) in [6, 6.07) is 0. The molecule has 0 amide bonds. The third-order valence-electron chi connectivity index (χ3n) is 4.64. The van der Waals surface area contributed by atoms with Gasteiger partial charge in [0.05, 0.1) is 6.42 Å². The summed E-state index contributed by atoms with van der Waals surface area (Å²) in [4.78, 5) is 24.1. The maximum absolute atomic E-state index is 11.6. The highest BCUT2D eigenvalue weighted by atomic mass is 16.4. The molecule has 5 heteroatoms. The summed E-state index contributed by atoms with van der Waals surface area (Å²) in [5.74, 6) is -2.10. The molecule has 0 heterocycles. The first-order chi connectivity index (χ1) is 10.9. The Kier molecular flexibility index (Phi) is 11.7. The topological polar surface area (TPSA) is 77.8 Å². The zero-order valence-electron chi connectivity index (χ0n) is 15.1. The molecule has 0 fully saturated rings. The normalized spacial score (nSPS) is 13.9. The van der Waals surface area contributed by atoms with E-state index < -0.39 is 17.5 Å². The van der Waals surface area contributed by atoms with Gasteiger partial charge in [-0.1, -0.05) is 71.1 Å². The van der Waals surface area contributed by atoms with Crippen LogP contribution >= 0.6 is 0 Å². The van der Waals surface area contributed by atoms with Crippen molar-refractivity contribution in [2.45, 2.75) is 89.5 Å². The van der Waals surface area contributed by atoms with Crippen LogP contribution in [0.3, 0.4) is 0 Å². The molecule has 0 aliphatic heterocycles. The molecule has 23 heavy (non-hydrogen) atoms. The van der Waals surface area contributed by atoms with Gasteiger partial charge in [-0.3, -0.25) is 14.5 Å². The lowest BCUT2D eigenvalue weighted by Gasteiger charge is -2.34. The molecular weight excluding hydrogens is 294 g/mol. The molecule has 0 spiro atoms. The van der Waals surface area contributed by atoms with E-state index >= 15 is 0 Å². The standard InChI is InChI=1S/C18H35NO4/c1-4-5-6-7-8-9-10-11-12-13-14-18(17(22)23,19(2)3)15-16(20)21/h4-15H2,1-3H3,(H,20,21)(H,22,23). The van der Waals surface area contributed by atoms with Crippen LogP contribution in [0.25, 0.3) is 0 Å². The van der Waals surface area contributed by atoms with Gasteiger partial charge in [0.1, 0.15) is 5.54 Å². The van der Waals surface area contributed by atoms with Crippen LogP contribution < -0.4 is 0 Å². The fourth-order valence-corrected chi connectivity index (χ4v) is 3.00. The third kappa shape index (κ3) is 8.94. The van der Waals surface area contributed by atoms with Crippen LogP contribution in [0.2, 0.25) is 0 Å². The van der Waals surface area contributed by atoms with E-state index in [0.29, 0.717) is 6.42 Å². The van der Waals surface area contributed by atoms with Gasteiger partial charge in [-0.2, -0.15) is 0 Å². The number of hydrogen-bond acceptors (Lipinski definition) is 3. The van der Waals surface area contributed by atoms with Gasteiger partial charge >= 0.3 is 11.9 Å². The number of carboxylic acids is 2. The fraction of sp³-hybridized carbons (Fsp3) is 0.889.